The average Bonchev–Trinajstić information content (AvgIpc) is 3.48. The number of likely N-dealkylation sites (tertiary alicyclic amines) is 1. The summed E-state index contributed by atoms with van der Waals surface area (Å²) in [6, 6.07) is 17.4. The molecule has 7 nitrogen and oxygen atoms in total. The summed E-state index contributed by atoms with van der Waals surface area (Å²) >= 11 is 0. The number of anilines is 1. The lowest BCUT2D eigenvalue weighted by Crippen LogP contribution is -3.16. The van der Waals surface area contributed by atoms with E-state index in [-0.39, 0.29) is 5.56 Å². The second-order valence-corrected chi connectivity index (χ2v) is 8.45. The summed E-state index contributed by atoms with van der Waals surface area (Å²) in [5.41, 5.74) is 1.60. The van der Waals surface area contributed by atoms with Crippen molar-refractivity contribution in [3.63, 3.8) is 0 Å². The molecule has 5 rings (SSSR count). The van der Waals surface area contributed by atoms with Crippen LogP contribution in [0.4, 0.5) is 5.82 Å². The lowest BCUT2D eigenvalue weighted by atomic mass is 10.2. The van der Waals surface area contributed by atoms with Gasteiger partial charge in [-0.3, -0.25) is 14.3 Å². The van der Waals surface area contributed by atoms with Crippen molar-refractivity contribution in [2.24, 2.45) is 0 Å². The molecule has 0 aliphatic carbocycles. The van der Waals surface area contributed by atoms with Crippen molar-refractivity contribution in [2.75, 3.05) is 24.5 Å². The van der Waals surface area contributed by atoms with E-state index in [2.05, 4.69) is 9.88 Å². The summed E-state index contributed by atoms with van der Waals surface area (Å²) in [6.07, 6.45) is 6.16. The Balaban J connectivity index is 1.24. The molecule has 32 heavy (non-hydrogen) atoms. The number of pyridine rings is 2. The van der Waals surface area contributed by atoms with Crippen molar-refractivity contribution in [1.82, 2.24) is 9.55 Å². The molecule has 4 heterocycles. The standard InChI is InChI=1S/C25H26N4O3/c30-24-7-4-12-28(24)21-10-13-27(17-21)23-9-8-20(16-26-23)29-14-11-22(15-25(29)31)32-18-19-5-2-1-3-6-19/h1-3,5-6,8-9,11,14-16,21H,4,7,10,12-13,17-18H2/p+1. The SMILES string of the molecule is O=C1CCC[NH+]1C1CCN(c2ccc(-n3ccc(OCc4ccccc4)cc3=O)cn2)C1. The number of amides is 1. The summed E-state index contributed by atoms with van der Waals surface area (Å²) in [7, 11) is 0. The molecule has 0 spiro atoms. The maximum atomic E-state index is 12.6. The highest BCUT2D eigenvalue weighted by Crippen LogP contribution is 2.19. The Morgan fingerprint density at radius 1 is 1.09 bits per heavy atom. The molecule has 1 aromatic carbocycles. The van der Waals surface area contributed by atoms with Crippen LogP contribution < -0.4 is 20.1 Å². The molecule has 7 heteroatoms. The highest BCUT2D eigenvalue weighted by atomic mass is 16.5. The molecule has 0 radical (unpaired) electrons. The largest absolute Gasteiger partial charge is 0.489 e. The highest BCUT2D eigenvalue weighted by Gasteiger charge is 2.38. The third-order valence-corrected chi connectivity index (χ3v) is 6.36. The van der Waals surface area contributed by atoms with Gasteiger partial charge in [-0.15, -0.1) is 0 Å². The van der Waals surface area contributed by atoms with Crippen LogP contribution in [0.3, 0.4) is 0 Å². The Kier molecular flexibility index (Phi) is 5.73. The van der Waals surface area contributed by atoms with E-state index in [1.165, 1.54) is 6.07 Å². The molecule has 2 fully saturated rings. The van der Waals surface area contributed by atoms with E-state index in [1.807, 2.05) is 42.5 Å². The predicted octanol–water partition coefficient (Wildman–Crippen LogP) is 1.60. The van der Waals surface area contributed by atoms with Gasteiger partial charge < -0.3 is 9.64 Å². The molecular formula is C25H27N4O3+. The Bertz CT molecular complexity index is 1140. The summed E-state index contributed by atoms with van der Waals surface area (Å²) in [5.74, 6) is 1.79. The second-order valence-electron chi connectivity index (χ2n) is 8.45. The lowest BCUT2D eigenvalue weighted by molar-refractivity contribution is -0.836. The molecule has 2 unspecified atom stereocenters. The van der Waals surface area contributed by atoms with E-state index in [1.54, 1.807) is 23.0 Å². The van der Waals surface area contributed by atoms with Crippen LogP contribution in [-0.2, 0) is 11.4 Å². The molecular weight excluding hydrogens is 404 g/mol. The highest BCUT2D eigenvalue weighted by molar-refractivity contribution is 5.68. The number of hydrogen-bond acceptors (Lipinski definition) is 5. The average molecular weight is 432 g/mol. The minimum Gasteiger partial charge on any atom is -0.489 e. The van der Waals surface area contributed by atoms with E-state index in [0.717, 1.165) is 48.8 Å². The number of rotatable bonds is 6. The molecule has 2 aliphatic rings. The van der Waals surface area contributed by atoms with Crippen molar-refractivity contribution in [2.45, 2.75) is 31.9 Å². The third kappa shape index (κ3) is 4.29. The fourth-order valence-corrected chi connectivity index (χ4v) is 4.64. The van der Waals surface area contributed by atoms with Gasteiger partial charge in [-0.05, 0) is 23.8 Å². The third-order valence-electron chi connectivity index (χ3n) is 6.36. The number of quaternary nitrogens is 1. The zero-order chi connectivity index (χ0) is 21.9. The first-order chi connectivity index (χ1) is 15.7. The van der Waals surface area contributed by atoms with E-state index >= 15 is 0 Å². The summed E-state index contributed by atoms with van der Waals surface area (Å²) in [6.45, 7) is 3.13. The van der Waals surface area contributed by atoms with Gasteiger partial charge in [0.15, 0.2) is 0 Å². The zero-order valence-corrected chi connectivity index (χ0v) is 17.9. The summed E-state index contributed by atoms with van der Waals surface area (Å²) in [4.78, 5) is 32.6. The Hall–Kier alpha value is -3.45. The maximum Gasteiger partial charge on any atom is 0.312 e. The van der Waals surface area contributed by atoms with Crippen molar-refractivity contribution in [1.29, 1.82) is 0 Å². The van der Waals surface area contributed by atoms with E-state index in [9.17, 15) is 9.59 Å². The Labute approximate surface area is 186 Å². The van der Waals surface area contributed by atoms with E-state index < -0.39 is 0 Å². The predicted molar refractivity (Wildman–Crippen MR) is 121 cm³/mol. The van der Waals surface area contributed by atoms with Crippen molar-refractivity contribution in [3.05, 3.63) is 82.9 Å². The van der Waals surface area contributed by atoms with Crippen molar-refractivity contribution < 1.29 is 14.4 Å². The normalized spacial score (nSPS) is 20.6. The Morgan fingerprint density at radius 3 is 2.69 bits per heavy atom. The molecule has 2 aliphatic heterocycles. The number of aromatic nitrogens is 2. The summed E-state index contributed by atoms with van der Waals surface area (Å²) in [5, 5.41) is 0. The molecule has 2 aromatic heterocycles. The number of hydrogen-bond donors (Lipinski definition) is 1. The van der Waals surface area contributed by atoms with Gasteiger partial charge in [0, 0.05) is 31.6 Å². The number of benzene rings is 1. The maximum absolute atomic E-state index is 12.6. The summed E-state index contributed by atoms with van der Waals surface area (Å²) < 4.78 is 7.31. The molecule has 0 bridgehead atoms. The minimum absolute atomic E-state index is 0.164. The van der Waals surface area contributed by atoms with E-state index in [4.69, 9.17) is 4.74 Å². The first-order valence-corrected chi connectivity index (χ1v) is 11.2. The second kappa shape index (κ2) is 8.96. The van der Waals surface area contributed by atoms with Crippen LogP contribution in [0.1, 0.15) is 24.8 Å². The minimum atomic E-state index is -0.164. The van der Waals surface area contributed by atoms with Crippen molar-refractivity contribution >= 4 is 11.7 Å². The van der Waals surface area contributed by atoms with Crippen LogP contribution in [0.25, 0.3) is 5.69 Å². The van der Waals surface area contributed by atoms with Crippen LogP contribution in [0.2, 0.25) is 0 Å². The van der Waals surface area contributed by atoms with Crippen LogP contribution in [-0.4, -0.2) is 41.1 Å². The van der Waals surface area contributed by atoms with E-state index in [0.29, 0.717) is 36.4 Å². The first-order valence-electron chi connectivity index (χ1n) is 11.2. The quantitative estimate of drug-likeness (QED) is 0.642. The monoisotopic (exact) mass is 431 g/mol. The molecule has 3 aromatic rings. The fourth-order valence-electron chi connectivity index (χ4n) is 4.64. The smallest absolute Gasteiger partial charge is 0.312 e. The van der Waals surface area contributed by atoms with Gasteiger partial charge in [0.05, 0.1) is 31.4 Å². The number of nitrogens with one attached hydrogen (secondary N) is 1. The van der Waals surface area contributed by atoms with Crippen LogP contribution in [0, 0.1) is 0 Å². The van der Waals surface area contributed by atoms with Gasteiger partial charge in [0.1, 0.15) is 24.2 Å². The lowest BCUT2D eigenvalue weighted by Gasteiger charge is -2.20. The van der Waals surface area contributed by atoms with Gasteiger partial charge in [-0.25, -0.2) is 9.78 Å². The van der Waals surface area contributed by atoms with Crippen LogP contribution in [0.15, 0.2) is 71.8 Å². The topological polar surface area (TPSA) is 68.9 Å². The van der Waals surface area contributed by atoms with Gasteiger partial charge in [-0.2, -0.15) is 0 Å². The molecule has 164 valence electrons. The Morgan fingerprint density at radius 2 is 1.97 bits per heavy atom. The molecule has 2 atom stereocenters. The molecule has 1 amide bonds. The van der Waals surface area contributed by atoms with Gasteiger partial charge >= 0.3 is 5.91 Å². The molecule has 2 saturated heterocycles. The van der Waals surface area contributed by atoms with Crippen LogP contribution >= 0.6 is 0 Å². The zero-order valence-electron chi connectivity index (χ0n) is 17.9. The van der Waals surface area contributed by atoms with Gasteiger partial charge in [0.25, 0.3) is 5.56 Å². The number of carbonyl (C=O) groups is 1. The van der Waals surface area contributed by atoms with Crippen molar-refractivity contribution in [3.8, 4) is 11.4 Å². The number of carbonyl (C=O) groups excluding carboxylic acids is 1. The number of nitrogens with zero attached hydrogens (tertiary/aromatic N) is 3. The molecule has 0 saturated carbocycles. The van der Waals surface area contributed by atoms with Gasteiger partial charge in [0.2, 0.25) is 0 Å². The first kappa shape index (κ1) is 20.5. The van der Waals surface area contributed by atoms with Gasteiger partial charge in [-0.1, -0.05) is 30.3 Å². The van der Waals surface area contributed by atoms with Crippen LogP contribution in [0.5, 0.6) is 5.75 Å². The fraction of sp³-hybridized carbons (Fsp3) is 0.320. The molecule has 1 N–H and O–H groups in total. The number of ether oxygens (including phenoxy) is 1.